The standard InChI is InChI=1S/C13H28N2O2/c1-3-11(7-9-16)15-13(10-14)8-5-4-6-12(13)17-2/h11-12,15-16H,3-10,14H2,1-2H3. The third-order valence-electron chi connectivity index (χ3n) is 4.07. The average Bonchev–Trinajstić information content (AvgIpc) is 2.38. The lowest BCUT2D eigenvalue weighted by molar-refractivity contribution is -0.0153. The van der Waals surface area contributed by atoms with Gasteiger partial charge in [-0.15, -0.1) is 0 Å². The van der Waals surface area contributed by atoms with Gasteiger partial charge in [-0.3, -0.25) is 0 Å². The van der Waals surface area contributed by atoms with E-state index in [-0.39, 0.29) is 18.2 Å². The van der Waals surface area contributed by atoms with Crippen molar-refractivity contribution in [2.24, 2.45) is 5.73 Å². The zero-order valence-corrected chi connectivity index (χ0v) is 11.2. The van der Waals surface area contributed by atoms with Gasteiger partial charge in [-0.05, 0) is 25.7 Å². The molecule has 1 aliphatic carbocycles. The van der Waals surface area contributed by atoms with E-state index in [2.05, 4.69) is 12.2 Å². The molecule has 0 saturated heterocycles. The zero-order chi connectivity index (χ0) is 12.7. The summed E-state index contributed by atoms with van der Waals surface area (Å²) in [6, 6.07) is 0.333. The summed E-state index contributed by atoms with van der Waals surface area (Å²) >= 11 is 0. The molecule has 3 atom stereocenters. The number of nitrogens with one attached hydrogen (secondary N) is 1. The van der Waals surface area contributed by atoms with Crippen molar-refractivity contribution in [3.05, 3.63) is 0 Å². The minimum Gasteiger partial charge on any atom is -0.396 e. The van der Waals surface area contributed by atoms with E-state index in [1.54, 1.807) is 7.11 Å². The molecule has 1 rings (SSSR count). The summed E-state index contributed by atoms with van der Waals surface area (Å²) in [5.41, 5.74) is 5.90. The van der Waals surface area contributed by atoms with E-state index < -0.39 is 0 Å². The van der Waals surface area contributed by atoms with Crippen LogP contribution < -0.4 is 11.1 Å². The first-order valence-electron chi connectivity index (χ1n) is 6.83. The topological polar surface area (TPSA) is 67.5 Å². The minimum atomic E-state index is -0.0944. The smallest absolute Gasteiger partial charge is 0.0765 e. The number of ether oxygens (including phenoxy) is 1. The van der Waals surface area contributed by atoms with Gasteiger partial charge in [-0.1, -0.05) is 19.8 Å². The van der Waals surface area contributed by atoms with Crippen molar-refractivity contribution in [2.75, 3.05) is 20.3 Å². The highest BCUT2D eigenvalue weighted by Crippen LogP contribution is 2.30. The first-order chi connectivity index (χ1) is 8.22. The van der Waals surface area contributed by atoms with Crippen LogP contribution in [-0.4, -0.2) is 43.1 Å². The Hall–Kier alpha value is -0.160. The third-order valence-corrected chi connectivity index (χ3v) is 4.07. The Bertz CT molecular complexity index is 214. The molecular weight excluding hydrogens is 216 g/mol. The number of aliphatic hydroxyl groups excluding tert-OH is 1. The molecule has 0 heterocycles. The molecule has 3 unspecified atom stereocenters. The molecule has 4 heteroatoms. The number of rotatable bonds is 7. The van der Waals surface area contributed by atoms with Crippen LogP contribution in [0.15, 0.2) is 0 Å². The highest BCUT2D eigenvalue weighted by Gasteiger charge is 2.40. The van der Waals surface area contributed by atoms with Crippen LogP contribution in [0.5, 0.6) is 0 Å². The van der Waals surface area contributed by atoms with Crippen LogP contribution in [0.2, 0.25) is 0 Å². The van der Waals surface area contributed by atoms with Gasteiger partial charge >= 0.3 is 0 Å². The Morgan fingerprint density at radius 2 is 2.29 bits per heavy atom. The minimum absolute atomic E-state index is 0.0944. The molecular formula is C13H28N2O2. The quantitative estimate of drug-likeness (QED) is 0.625. The molecule has 4 N–H and O–H groups in total. The van der Waals surface area contributed by atoms with Crippen LogP contribution >= 0.6 is 0 Å². The van der Waals surface area contributed by atoms with E-state index in [1.165, 1.54) is 12.8 Å². The molecule has 0 bridgehead atoms. The van der Waals surface area contributed by atoms with Gasteiger partial charge in [-0.2, -0.15) is 0 Å². The second kappa shape index (κ2) is 7.31. The lowest BCUT2D eigenvalue weighted by Crippen LogP contribution is -2.63. The molecule has 0 radical (unpaired) electrons. The van der Waals surface area contributed by atoms with Crippen molar-refractivity contribution >= 4 is 0 Å². The second-order valence-electron chi connectivity index (χ2n) is 5.09. The van der Waals surface area contributed by atoms with Crippen LogP contribution in [0.1, 0.15) is 45.4 Å². The van der Waals surface area contributed by atoms with Crippen LogP contribution in [0, 0.1) is 0 Å². The highest BCUT2D eigenvalue weighted by atomic mass is 16.5. The Labute approximate surface area is 105 Å². The summed E-state index contributed by atoms with van der Waals surface area (Å²) in [6.07, 6.45) is 6.58. The van der Waals surface area contributed by atoms with Gasteiger partial charge in [0.25, 0.3) is 0 Å². The predicted octanol–water partition coefficient (Wildman–Crippen LogP) is 1.02. The van der Waals surface area contributed by atoms with Gasteiger partial charge in [0.05, 0.1) is 11.6 Å². The van der Waals surface area contributed by atoms with Crippen LogP contribution in [0.4, 0.5) is 0 Å². The lowest BCUT2D eigenvalue weighted by atomic mass is 9.78. The Kier molecular flexibility index (Phi) is 6.41. The van der Waals surface area contributed by atoms with Gasteiger partial charge in [0.2, 0.25) is 0 Å². The van der Waals surface area contributed by atoms with Crippen molar-refractivity contribution in [1.82, 2.24) is 5.32 Å². The van der Waals surface area contributed by atoms with Crippen molar-refractivity contribution in [3.8, 4) is 0 Å². The highest BCUT2D eigenvalue weighted by molar-refractivity contribution is 5.00. The largest absolute Gasteiger partial charge is 0.396 e. The van der Waals surface area contributed by atoms with Crippen LogP contribution in [-0.2, 0) is 4.74 Å². The van der Waals surface area contributed by atoms with E-state index in [0.29, 0.717) is 12.6 Å². The summed E-state index contributed by atoms with van der Waals surface area (Å²) in [5.74, 6) is 0. The fourth-order valence-electron chi connectivity index (χ4n) is 2.95. The van der Waals surface area contributed by atoms with E-state index in [9.17, 15) is 0 Å². The molecule has 0 amide bonds. The number of aliphatic hydroxyl groups is 1. The van der Waals surface area contributed by atoms with Gasteiger partial charge in [0.15, 0.2) is 0 Å². The number of methoxy groups -OCH3 is 1. The van der Waals surface area contributed by atoms with E-state index in [0.717, 1.165) is 25.7 Å². The number of hydrogen-bond donors (Lipinski definition) is 3. The lowest BCUT2D eigenvalue weighted by Gasteiger charge is -2.45. The molecule has 0 aromatic rings. The SMILES string of the molecule is CCC(CCO)NC1(CN)CCCCC1OC. The van der Waals surface area contributed by atoms with Crippen LogP contribution in [0.25, 0.3) is 0 Å². The Morgan fingerprint density at radius 3 is 2.82 bits per heavy atom. The summed E-state index contributed by atoms with van der Waals surface area (Å²) in [4.78, 5) is 0. The maximum atomic E-state index is 9.07. The van der Waals surface area contributed by atoms with E-state index >= 15 is 0 Å². The first-order valence-corrected chi connectivity index (χ1v) is 6.83. The fourth-order valence-corrected chi connectivity index (χ4v) is 2.95. The van der Waals surface area contributed by atoms with Crippen LogP contribution in [0.3, 0.4) is 0 Å². The molecule has 0 aromatic heterocycles. The van der Waals surface area contributed by atoms with Crippen molar-refractivity contribution < 1.29 is 9.84 Å². The molecule has 0 spiro atoms. The van der Waals surface area contributed by atoms with Crippen molar-refractivity contribution in [1.29, 1.82) is 0 Å². The van der Waals surface area contributed by atoms with E-state index in [4.69, 9.17) is 15.6 Å². The van der Waals surface area contributed by atoms with Gasteiger partial charge in [0, 0.05) is 26.3 Å². The van der Waals surface area contributed by atoms with Gasteiger partial charge in [-0.25, -0.2) is 0 Å². The maximum absolute atomic E-state index is 9.07. The zero-order valence-electron chi connectivity index (χ0n) is 11.2. The molecule has 17 heavy (non-hydrogen) atoms. The Balaban J connectivity index is 2.70. The van der Waals surface area contributed by atoms with E-state index in [1.807, 2.05) is 0 Å². The molecule has 1 saturated carbocycles. The summed E-state index contributed by atoms with van der Waals surface area (Å²) in [6.45, 7) is 2.97. The average molecular weight is 244 g/mol. The van der Waals surface area contributed by atoms with Crippen molar-refractivity contribution in [2.45, 2.75) is 63.1 Å². The molecule has 102 valence electrons. The van der Waals surface area contributed by atoms with Crippen molar-refractivity contribution in [3.63, 3.8) is 0 Å². The maximum Gasteiger partial charge on any atom is 0.0765 e. The molecule has 0 aliphatic heterocycles. The summed E-state index contributed by atoms with van der Waals surface area (Å²) in [7, 11) is 1.77. The number of hydrogen-bond acceptors (Lipinski definition) is 4. The molecule has 4 nitrogen and oxygen atoms in total. The molecule has 0 aromatic carbocycles. The van der Waals surface area contributed by atoms with Gasteiger partial charge in [0.1, 0.15) is 0 Å². The fraction of sp³-hybridized carbons (Fsp3) is 1.00. The first kappa shape index (κ1) is 14.9. The number of nitrogens with two attached hydrogens (primary N) is 1. The summed E-state index contributed by atoms with van der Waals surface area (Å²) < 4.78 is 5.62. The summed E-state index contributed by atoms with van der Waals surface area (Å²) in [5, 5.41) is 12.7. The molecule has 1 fully saturated rings. The second-order valence-corrected chi connectivity index (χ2v) is 5.09. The predicted molar refractivity (Wildman–Crippen MR) is 70.0 cm³/mol. The van der Waals surface area contributed by atoms with Gasteiger partial charge < -0.3 is 20.9 Å². The molecule has 1 aliphatic rings. The normalized spacial score (nSPS) is 31.4. The Morgan fingerprint density at radius 1 is 1.53 bits per heavy atom. The monoisotopic (exact) mass is 244 g/mol. The third kappa shape index (κ3) is 3.65.